The van der Waals surface area contributed by atoms with E-state index in [1.165, 1.54) is 0 Å². The van der Waals surface area contributed by atoms with Gasteiger partial charge >= 0.3 is 0 Å². The molecule has 0 heterocycles. The number of hydrogen-bond donors (Lipinski definition) is 1. The number of rotatable bonds is 6. The van der Waals surface area contributed by atoms with Gasteiger partial charge in [0.25, 0.3) is 0 Å². The van der Waals surface area contributed by atoms with Gasteiger partial charge in [-0.3, -0.25) is 5.41 Å². The molecule has 116 valence electrons. The number of hydrogen-bond acceptors (Lipinski definition) is 3. The van der Waals surface area contributed by atoms with Gasteiger partial charge in [-0.15, -0.1) is 5.06 Å². The lowest BCUT2D eigenvalue weighted by Crippen LogP contribution is -2.26. The predicted octanol–water partition coefficient (Wildman–Crippen LogP) is 5.31. The zero-order valence-corrected chi connectivity index (χ0v) is 13.9. The van der Waals surface area contributed by atoms with Crippen LogP contribution in [-0.4, -0.2) is 11.0 Å². The lowest BCUT2D eigenvalue weighted by Gasteiger charge is -2.22. The average molecular weight is 337 g/mol. The Bertz CT molecular complexity index is 564. The lowest BCUT2D eigenvalue weighted by atomic mass is 10.2. The predicted molar refractivity (Wildman–Crippen MR) is 91.3 cm³/mol. The van der Waals surface area contributed by atoms with Crippen molar-refractivity contribution in [3.63, 3.8) is 0 Å². The Kier molecular flexibility index (Phi) is 6.25. The van der Waals surface area contributed by atoms with Crippen LogP contribution < -0.4 is 0 Å². The van der Waals surface area contributed by atoms with Crippen molar-refractivity contribution in [2.75, 3.05) is 0 Å². The van der Waals surface area contributed by atoms with Crippen LogP contribution in [-0.2, 0) is 17.9 Å². The van der Waals surface area contributed by atoms with Gasteiger partial charge in [0.1, 0.15) is 0 Å². The second kappa shape index (κ2) is 8.18. The minimum absolute atomic E-state index is 0.239. The minimum atomic E-state index is 0.239. The van der Waals surface area contributed by atoms with E-state index in [0.717, 1.165) is 11.1 Å². The monoisotopic (exact) mass is 336 g/mol. The Balaban J connectivity index is 2.09. The van der Waals surface area contributed by atoms with Gasteiger partial charge in [0, 0.05) is 16.5 Å². The van der Waals surface area contributed by atoms with E-state index < -0.39 is 0 Å². The highest BCUT2D eigenvalue weighted by molar-refractivity contribution is 6.30. The molecule has 0 aliphatic heterocycles. The van der Waals surface area contributed by atoms with Gasteiger partial charge in [-0.2, -0.15) is 0 Å². The van der Waals surface area contributed by atoms with Crippen LogP contribution in [0.2, 0.25) is 10.0 Å². The van der Waals surface area contributed by atoms with Crippen molar-refractivity contribution in [3.05, 3.63) is 69.7 Å². The van der Waals surface area contributed by atoms with Crippen LogP contribution in [0, 0.1) is 5.41 Å². The first-order valence-electron chi connectivity index (χ1n) is 7.06. The molecule has 0 aliphatic carbocycles. The van der Waals surface area contributed by atoms with Crippen LogP contribution in [0.4, 0.5) is 0 Å². The molecule has 0 saturated carbocycles. The van der Waals surface area contributed by atoms with Crippen LogP contribution in [0.5, 0.6) is 0 Å². The fourth-order valence-corrected chi connectivity index (χ4v) is 2.18. The molecule has 2 rings (SSSR count). The summed E-state index contributed by atoms with van der Waals surface area (Å²) in [4.78, 5) is 5.62. The number of nitrogens with one attached hydrogen (secondary N) is 1. The maximum absolute atomic E-state index is 7.76. The SMILES string of the molecule is CCC(=N)ON(Cc1ccc(Cl)cc1)Cc1ccc(Cl)cc1. The van der Waals surface area contributed by atoms with E-state index in [9.17, 15) is 0 Å². The molecular formula is C17H18Cl2N2O. The summed E-state index contributed by atoms with van der Waals surface area (Å²) in [6.07, 6.45) is 0.553. The van der Waals surface area contributed by atoms with Crippen molar-refractivity contribution < 1.29 is 4.84 Å². The normalized spacial score (nSPS) is 10.7. The van der Waals surface area contributed by atoms with Crippen molar-refractivity contribution >= 4 is 29.1 Å². The van der Waals surface area contributed by atoms with Crippen molar-refractivity contribution in [1.29, 1.82) is 5.41 Å². The van der Waals surface area contributed by atoms with Crippen LogP contribution in [0.15, 0.2) is 48.5 Å². The highest BCUT2D eigenvalue weighted by Crippen LogP contribution is 2.16. The maximum Gasteiger partial charge on any atom is 0.206 e. The maximum atomic E-state index is 7.76. The summed E-state index contributed by atoms with van der Waals surface area (Å²) in [6.45, 7) is 3.04. The molecule has 0 aromatic heterocycles. The van der Waals surface area contributed by atoms with Crippen molar-refractivity contribution in [1.82, 2.24) is 5.06 Å². The molecule has 0 spiro atoms. The van der Waals surface area contributed by atoms with Gasteiger partial charge in [-0.25, -0.2) is 0 Å². The summed E-state index contributed by atoms with van der Waals surface area (Å²) in [7, 11) is 0. The molecule has 2 aromatic carbocycles. The molecule has 0 atom stereocenters. The lowest BCUT2D eigenvalue weighted by molar-refractivity contribution is -0.0932. The van der Waals surface area contributed by atoms with E-state index in [2.05, 4.69) is 0 Å². The molecule has 0 unspecified atom stereocenters. The van der Waals surface area contributed by atoms with E-state index in [4.69, 9.17) is 33.4 Å². The zero-order valence-electron chi connectivity index (χ0n) is 12.4. The topological polar surface area (TPSA) is 36.3 Å². The molecule has 1 N–H and O–H groups in total. The molecule has 0 amide bonds. The van der Waals surface area contributed by atoms with E-state index in [0.29, 0.717) is 29.6 Å². The fourth-order valence-electron chi connectivity index (χ4n) is 1.93. The van der Waals surface area contributed by atoms with Gasteiger partial charge in [-0.05, 0) is 35.4 Å². The molecule has 3 nitrogen and oxygen atoms in total. The van der Waals surface area contributed by atoms with Crippen molar-refractivity contribution in [2.45, 2.75) is 26.4 Å². The third-order valence-electron chi connectivity index (χ3n) is 3.10. The van der Waals surface area contributed by atoms with Crippen molar-refractivity contribution in [2.24, 2.45) is 0 Å². The summed E-state index contributed by atoms with van der Waals surface area (Å²) in [5.41, 5.74) is 2.14. The first-order chi connectivity index (χ1) is 10.6. The third-order valence-corrected chi connectivity index (χ3v) is 3.61. The molecular weight excluding hydrogens is 319 g/mol. The molecule has 5 heteroatoms. The third kappa shape index (κ3) is 5.34. The van der Waals surface area contributed by atoms with E-state index >= 15 is 0 Å². The van der Waals surface area contributed by atoms with Crippen LogP contribution >= 0.6 is 23.2 Å². The standard InChI is InChI=1S/C17H18Cl2N2O/c1-2-17(20)22-21(11-13-3-7-15(18)8-4-13)12-14-5-9-16(19)10-6-14/h3-10,20H,2,11-12H2,1H3. The van der Waals surface area contributed by atoms with Gasteiger partial charge in [-0.1, -0.05) is 54.4 Å². The number of benzene rings is 2. The Morgan fingerprint density at radius 1 is 0.909 bits per heavy atom. The van der Waals surface area contributed by atoms with E-state index in [-0.39, 0.29) is 5.90 Å². The molecule has 0 radical (unpaired) electrons. The molecule has 0 aliphatic rings. The Hall–Kier alpha value is -1.55. The molecule has 0 saturated heterocycles. The fraction of sp³-hybridized carbons (Fsp3) is 0.235. The summed E-state index contributed by atoms with van der Waals surface area (Å²) < 4.78 is 0. The number of halogens is 2. The first-order valence-corrected chi connectivity index (χ1v) is 7.81. The van der Waals surface area contributed by atoms with Gasteiger partial charge in [0.15, 0.2) is 0 Å². The highest BCUT2D eigenvalue weighted by atomic mass is 35.5. The largest absolute Gasteiger partial charge is 0.390 e. The van der Waals surface area contributed by atoms with Crippen molar-refractivity contribution in [3.8, 4) is 0 Å². The van der Waals surface area contributed by atoms with Crippen LogP contribution in [0.25, 0.3) is 0 Å². The molecule has 0 bridgehead atoms. The summed E-state index contributed by atoms with van der Waals surface area (Å²) in [5.74, 6) is 0.239. The van der Waals surface area contributed by atoms with Crippen LogP contribution in [0.3, 0.4) is 0 Å². The second-order valence-electron chi connectivity index (χ2n) is 4.92. The summed E-state index contributed by atoms with van der Waals surface area (Å²) in [6, 6.07) is 15.2. The average Bonchev–Trinajstić information content (AvgIpc) is 2.51. The smallest absolute Gasteiger partial charge is 0.206 e. The Morgan fingerprint density at radius 3 is 1.68 bits per heavy atom. The van der Waals surface area contributed by atoms with Gasteiger partial charge in [0.05, 0.1) is 13.1 Å². The Morgan fingerprint density at radius 2 is 1.32 bits per heavy atom. The van der Waals surface area contributed by atoms with E-state index in [1.807, 2.05) is 55.5 Å². The summed E-state index contributed by atoms with van der Waals surface area (Å²) >= 11 is 11.8. The first kappa shape index (κ1) is 16.8. The number of hydroxylamine groups is 2. The number of nitrogens with zero attached hydrogens (tertiary/aromatic N) is 1. The second-order valence-corrected chi connectivity index (χ2v) is 5.79. The van der Waals surface area contributed by atoms with Gasteiger partial charge in [0.2, 0.25) is 5.90 Å². The highest BCUT2D eigenvalue weighted by Gasteiger charge is 2.11. The minimum Gasteiger partial charge on any atom is -0.390 e. The molecule has 0 fully saturated rings. The van der Waals surface area contributed by atoms with E-state index in [1.54, 1.807) is 5.06 Å². The quantitative estimate of drug-likeness (QED) is 0.440. The zero-order chi connectivity index (χ0) is 15.9. The molecule has 2 aromatic rings. The van der Waals surface area contributed by atoms with Crippen LogP contribution in [0.1, 0.15) is 24.5 Å². The van der Waals surface area contributed by atoms with Gasteiger partial charge < -0.3 is 4.84 Å². The Labute approximate surface area is 140 Å². The molecule has 22 heavy (non-hydrogen) atoms. The summed E-state index contributed by atoms with van der Waals surface area (Å²) in [5, 5.41) is 10.9.